The number of ether oxygens (including phenoxy) is 1. The Balaban J connectivity index is 2.89. The second-order valence-corrected chi connectivity index (χ2v) is 4.30. The predicted molar refractivity (Wildman–Crippen MR) is 70.8 cm³/mol. The van der Waals surface area contributed by atoms with Gasteiger partial charge in [0.05, 0.1) is 19.3 Å². The number of aliphatic hydroxyl groups excluding tert-OH is 1. The van der Waals surface area contributed by atoms with Gasteiger partial charge in [0.25, 0.3) is 0 Å². The zero-order valence-corrected chi connectivity index (χ0v) is 11.4. The summed E-state index contributed by atoms with van der Waals surface area (Å²) in [7, 11) is 1.35. The van der Waals surface area contributed by atoms with Gasteiger partial charge >= 0.3 is 5.97 Å². The first kappa shape index (κ1) is 15.0. The molecule has 0 bridgehead atoms. The summed E-state index contributed by atoms with van der Waals surface area (Å²) in [6.45, 7) is 4.09. The van der Waals surface area contributed by atoms with Crippen LogP contribution in [0.4, 0.5) is 0 Å². The molecule has 0 aliphatic heterocycles. The standard InChI is InChI=1S/C13H18ClNO3/c1-3-15(6-7-16)9-11-8-10(13(17)18-2)4-5-12(11)14/h4-5,8,16H,3,6-7,9H2,1-2H3. The molecule has 0 saturated heterocycles. The number of nitrogens with zero attached hydrogens (tertiary/aromatic N) is 1. The van der Waals surface area contributed by atoms with Crippen LogP contribution in [0.3, 0.4) is 0 Å². The van der Waals surface area contributed by atoms with E-state index in [2.05, 4.69) is 4.74 Å². The molecule has 0 saturated carbocycles. The van der Waals surface area contributed by atoms with Crippen LogP contribution in [0.25, 0.3) is 0 Å². The molecule has 1 aromatic carbocycles. The van der Waals surface area contributed by atoms with Crippen molar-refractivity contribution in [3.63, 3.8) is 0 Å². The normalized spacial score (nSPS) is 10.7. The molecule has 0 heterocycles. The first-order chi connectivity index (χ1) is 8.62. The van der Waals surface area contributed by atoms with Crippen molar-refractivity contribution in [1.29, 1.82) is 0 Å². The van der Waals surface area contributed by atoms with Crippen molar-refractivity contribution in [2.75, 3.05) is 26.8 Å². The summed E-state index contributed by atoms with van der Waals surface area (Å²) in [4.78, 5) is 13.5. The van der Waals surface area contributed by atoms with E-state index in [1.807, 2.05) is 11.8 Å². The molecule has 0 aromatic heterocycles. The number of hydrogen-bond donors (Lipinski definition) is 1. The molecule has 5 heteroatoms. The molecule has 0 aliphatic carbocycles. The zero-order chi connectivity index (χ0) is 13.5. The first-order valence-corrected chi connectivity index (χ1v) is 6.20. The van der Waals surface area contributed by atoms with Gasteiger partial charge in [-0.25, -0.2) is 4.79 Å². The second kappa shape index (κ2) is 7.36. The fourth-order valence-electron chi connectivity index (χ4n) is 1.67. The molecular weight excluding hydrogens is 254 g/mol. The summed E-state index contributed by atoms with van der Waals surface area (Å²) >= 11 is 6.10. The third-order valence-corrected chi connectivity index (χ3v) is 3.09. The predicted octanol–water partition coefficient (Wildman–Crippen LogP) is 1.94. The van der Waals surface area contributed by atoms with Crippen LogP contribution < -0.4 is 0 Å². The van der Waals surface area contributed by atoms with Crippen LogP contribution in [0, 0.1) is 0 Å². The number of carbonyl (C=O) groups is 1. The molecular formula is C13H18ClNO3. The van der Waals surface area contributed by atoms with Crippen LogP contribution in [0.5, 0.6) is 0 Å². The maximum absolute atomic E-state index is 11.4. The number of likely N-dealkylation sites (N-methyl/N-ethyl adjacent to an activating group) is 1. The Bertz CT molecular complexity index is 409. The molecule has 0 radical (unpaired) electrons. The van der Waals surface area contributed by atoms with E-state index in [9.17, 15) is 4.79 Å². The van der Waals surface area contributed by atoms with Gasteiger partial charge in [-0.3, -0.25) is 4.90 Å². The van der Waals surface area contributed by atoms with Gasteiger partial charge in [-0.15, -0.1) is 0 Å². The molecule has 0 spiro atoms. The van der Waals surface area contributed by atoms with Crippen LogP contribution >= 0.6 is 11.6 Å². The number of carbonyl (C=O) groups excluding carboxylic acids is 1. The molecule has 1 N–H and O–H groups in total. The Labute approximate surface area is 112 Å². The van der Waals surface area contributed by atoms with Crippen LogP contribution in [-0.4, -0.2) is 42.8 Å². The Morgan fingerprint density at radius 2 is 2.22 bits per heavy atom. The van der Waals surface area contributed by atoms with Crippen molar-refractivity contribution in [3.05, 3.63) is 34.3 Å². The number of halogens is 1. The summed E-state index contributed by atoms with van der Waals surface area (Å²) in [5, 5.41) is 9.56. The van der Waals surface area contributed by atoms with E-state index in [0.29, 0.717) is 23.7 Å². The minimum absolute atomic E-state index is 0.0994. The lowest BCUT2D eigenvalue weighted by Gasteiger charge is -2.20. The Morgan fingerprint density at radius 1 is 1.50 bits per heavy atom. The Kier molecular flexibility index (Phi) is 6.12. The minimum atomic E-state index is -0.377. The highest BCUT2D eigenvalue weighted by molar-refractivity contribution is 6.31. The molecule has 0 fully saturated rings. The summed E-state index contributed by atoms with van der Waals surface area (Å²) in [5.74, 6) is -0.377. The summed E-state index contributed by atoms with van der Waals surface area (Å²) in [6, 6.07) is 5.06. The quantitative estimate of drug-likeness (QED) is 0.804. The van der Waals surface area contributed by atoms with Crippen molar-refractivity contribution in [2.45, 2.75) is 13.5 Å². The summed E-state index contributed by atoms with van der Waals surface area (Å²) in [5.41, 5.74) is 1.34. The smallest absolute Gasteiger partial charge is 0.337 e. The van der Waals surface area contributed by atoms with Gasteiger partial charge in [0.15, 0.2) is 0 Å². The van der Waals surface area contributed by atoms with E-state index in [-0.39, 0.29) is 12.6 Å². The number of esters is 1. The average molecular weight is 272 g/mol. The molecule has 0 unspecified atom stereocenters. The van der Waals surface area contributed by atoms with Gasteiger partial charge in [0.1, 0.15) is 0 Å². The van der Waals surface area contributed by atoms with Gasteiger partial charge in [-0.1, -0.05) is 18.5 Å². The lowest BCUT2D eigenvalue weighted by molar-refractivity contribution is 0.0600. The lowest BCUT2D eigenvalue weighted by atomic mass is 10.1. The van der Waals surface area contributed by atoms with Crippen molar-refractivity contribution >= 4 is 17.6 Å². The highest BCUT2D eigenvalue weighted by Gasteiger charge is 2.11. The average Bonchev–Trinajstić information content (AvgIpc) is 2.39. The van der Waals surface area contributed by atoms with Gasteiger partial charge in [0, 0.05) is 18.1 Å². The SMILES string of the molecule is CCN(CCO)Cc1cc(C(=O)OC)ccc1Cl. The second-order valence-electron chi connectivity index (χ2n) is 3.89. The summed E-state index contributed by atoms with van der Waals surface area (Å²) in [6.07, 6.45) is 0. The number of hydrogen-bond acceptors (Lipinski definition) is 4. The molecule has 1 rings (SSSR count). The summed E-state index contributed by atoms with van der Waals surface area (Å²) < 4.78 is 4.67. The fourth-order valence-corrected chi connectivity index (χ4v) is 1.85. The number of benzene rings is 1. The van der Waals surface area contributed by atoms with Crippen molar-refractivity contribution in [2.24, 2.45) is 0 Å². The van der Waals surface area contributed by atoms with E-state index in [1.54, 1.807) is 18.2 Å². The maximum atomic E-state index is 11.4. The number of aliphatic hydroxyl groups is 1. The first-order valence-electron chi connectivity index (χ1n) is 5.82. The van der Waals surface area contributed by atoms with Gasteiger partial charge in [-0.2, -0.15) is 0 Å². The van der Waals surface area contributed by atoms with Crippen LogP contribution in [0.1, 0.15) is 22.8 Å². The maximum Gasteiger partial charge on any atom is 0.337 e. The van der Waals surface area contributed by atoms with E-state index in [1.165, 1.54) is 7.11 Å². The largest absolute Gasteiger partial charge is 0.465 e. The monoisotopic (exact) mass is 271 g/mol. The minimum Gasteiger partial charge on any atom is -0.465 e. The third-order valence-electron chi connectivity index (χ3n) is 2.72. The van der Waals surface area contributed by atoms with Crippen LogP contribution in [0.2, 0.25) is 5.02 Å². The van der Waals surface area contributed by atoms with Crippen molar-refractivity contribution in [1.82, 2.24) is 4.90 Å². The zero-order valence-electron chi connectivity index (χ0n) is 10.6. The molecule has 18 heavy (non-hydrogen) atoms. The van der Waals surface area contributed by atoms with E-state index < -0.39 is 0 Å². The highest BCUT2D eigenvalue weighted by atomic mass is 35.5. The highest BCUT2D eigenvalue weighted by Crippen LogP contribution is 2.20. The Hall–Kier alpha value is -1.10. The van der Waals surface area contributed by atoms with E-state index in [4.69, 9.17) is 16.7 Å². The molecule has 4 nitrogen and oxygen atoms in total. The van der Waals surface area contributed by atoms with Gasteiger partial charge in [-0.05, 0) is 30.3 Å². The molecule has 1 aromatic rings. The lowest BCUT2D eigenvalue weighted by Crippen LogP contribution is -2.26. The van der Waals surface area contributed by atoms with Gasteiger partial charge in [0.2, 0.25) is 0 Å². The Morgan fingerprint density at radius 3 is 2.78 bits per heavy atom. The van der Waals surface area contributed by atoms with E-state index in [0.717, 1.165) is 12.1 Å². The molecule has 0 amide bonds. The van der Waals surface area contributed by atoms with Crippen molar-refractivity contribution in [3.8, 4) is 0 Å². The third kappa shape index (κ3) is 3.98. The van der Waals surface area contributed by atoms with E-state index >= 15 is 0 Å². The molecule has 100 valence electrons. The topological polar surface area (TPSA) is 49.8 Å². The molecule has 0 aliphatic rings. The van der Waals surface area contributed by atoms with Crippen LogP contribution in [0.15, 0.2) is 18.2 Å². The van der Waals surface area contributed by atoms with Crippen LogP contribution in [-0.2, 0) is 11.3 Å². The number of methoxy groups -OCH3 is 1. The van der Waals surface area contributed by atoms with Crippen molar-refractivity contribution < 1.29 is 14.6 Å². The fraction of sp³-hybridized carbons (Fsp3) is 0.462. The van der Waals surface area contributed by atoms with Gasteiger partial charge < -0.3 is 9.84 Å². The number of rotatable bonds is 6. The molecule has 0 atom stereocenters.